The zero-order chi connectivity index (χ0) is 19.6. The van der Waals surface area contributed by atoms with Gasteiger partial charge in [-0.15, -0.1) is 11.8 Å². The molecule has 0 aliphatic carbocycles. The second-order valence-electron chi connectivity index (χ2n) is 5.96. The first-order valence-electron chi connectivity index (χ1n) is 7.37. The molecule has 1 aromatic rings. The van der Waals surface area contributed by atoms with E-state index in [4.69, 9.17) is 14.6 Å². The molecule has 2 aliphatic rings. The van der Waals surface area contributed by atoms with Crippen LogP contribution in [0.1, 0.15) is 6.42 Å². The van der Waals surface area contributed by atoms with Crippen molar-refractivity contribution in [1.29, 1.82) is 0 Å². The van der Waals surface area contributed by atoms with Gasteiger partial charge in [-0.1, -0.05) is 0 Å². The predicted octanol–water partition coefficient (Wildman–Crippen LogP) is 1.61. The zero-order valence-corrected chi connectivity index (χ0v) is 15.3. The van der Waals surface area contributed by atoms with Gasteiger partial charge in [0.2, 0.25) is 10.0 Å². The van der Waals surface area contributed by atoms with Crippen LogP contribution in [0.3, 0.4) is 0 Å². The van der Waals surface area contributed by atoms with Crippen LogP contribution in [-0.4, -0.2) is 70.9 Å². The summed E-state index contributed by atoms with van der Waals surface area (Å²) in [6.07, 6.45) is 0.658. The number of carbonyl (C=O) groups is 1. The number of nitrogens with zero attached hydrogens (tertiary/aromatic N) is 2. The lowest BCUT2D eigenvalue weighted by Gasteiger charge is -2.45. The van der Waals surface area contributed by atoms with E-state index in [0.29, 0.717) is 13.1 Å². The molecule has 2 fully saturated rings. The molecule has 7 nitrogen and oxygen atoms in total. The summed E-state index contributed by atoms with van der Waals surface area (Å²) in [5, 5.41) is 7.12. The van der Waals surface area contributed by atoms with Crippen molar-refractivity contribution in [2.75, 3.05) is 25.1 Å². The second kappa shape index (κ2) is 7.61. The van der Waals surface area contributed by atoms with Crippen LogP contribution in [0.25, 0.3) is 0 Å². The van der Waals surface area contributed by atoms with E-state index >= 15 is 0 Å². The Bertz CT molecular complexity index is 737. The number of ether oxygens (including phenoxy) is 1. The minimum absolute atomic E-state index is 0.0654. The number of aliphatic carboxylic acids is 1. The number of halogens is 3. The van der Waals surface area contributed by atoms with E-state index in [9.17, 15) is 21.6 Å². The van der Waals surface area contributed by atoms with Gasteiger partial charge in [0.15, 0.2) is 0 Å². The summed E-state index contributed by atoms with van der Waals surface area (Å²) in [6.45, 7) is 1.23. The maximum Gasteiger partial charge on any atom is 0.490 e. The molecule has 1 unspecified atom stereocenters. The minimum atomic E-state index is -5.08. The quantitative estimate of drug-likeness (QED) is 0.803. The molecule has 12 heteroatoms. The highest BCUT2D eigenvalue weighted by Gasteiger charge is 2.52. The number of hydrogen-bond acceptors (Lipinski definition) is 6. The Morgan fingerprint density at radius 2 is 2.08 bits per heavy atom. The summed E-state index contributed by atoms with van der Waals surface area (Å²) in [6, 6.07) is 3.74. The van der Waals surface area contributed by atoms with E-state index < -0.39 is 22.2 Å². The summed E-state index contributed by atoms with van der Waals surface area (Å²) >= 11 is 1.83. The number of aromatic nitrogens is 1. The van der Waals surface area contributed by atoms with Gasteiger partial charge in [0.1, 0.15) is 11.9 Å². The van der Waals surface area contributed by atoms with Crippen LogP contribution < -0.4 is 4.74 Å². The van der Waals surface area contributed by atoms with Crippen molar-refractivity contribution in [2.45, 2.75) is 23.4 Å². The lowest BCUT2D eigenvalue weighted by molar-refractivity contribution is -0.192. The number of pyridine rings is 1. The fourth-order valence-corrected chi connectivity index (χ4v) is 5.19. The van der Waals surface area contributed by atoms with Gasteiger partial charge in [-0.05, 0) is 12.1 Å². The fourth-order valence-electron chi connectivity index (χ4n) is 2.54. The molecule has 1 N–H and O–H groups in total. The molecule has 0 radical (unpaired) electrons. The highest BCUT2D eigenvalue weighted by Crippen LogP contribution is 2.46. The zero-order valence-electron chi connectivity index (χ0n) is 13.6. The molecule has 0 aromatic carbocycles. The average Bonchev–Trinajstić information content (AvgIpc) is 2.90. The molecular formula is C14H17F3N2O5S2. The van der Waals surface area contributed by atoms with Crippen molar-refractivity contribution in [2.24, 2.45) is 0 Å². The third kappa shape index (κ3) is 5.48. The first-order chi connectivity index (χ1) is 11.9. The predicted molar refractivity (Wildman–Crippen MR) is 88.6 cm³/mol. The first-order valence-corrected chi connectivity index (χ1v) is 10.2. The monoisotopic (exact) mass is 414 g/mol. The molecule has 3 rings (SSSR count). The number of hydrogen-bond donors (Lipinski definition) is 1. The van der Waals surface area contributed by atoms with Crippen LogP contribution in [0, 0.1) is 0 Å². The Morgan fingerprint density at radius 3 is 2.54 bits per heavy atom. The van der Waals surface area contributed by atoms with Crippen molar-refractivity contribution in [3.63, 3.8) is 0 Å². The molecule has 1 atom stereocenters. The van der Waals surface area contributed by atoms with Gasteiger partial charge >= 0.3 is 12.1 Å². The summed E-state index contributed by atoms with van der Waals surface area (Å²) in [7, 11) is -3.04. The summed E-state index contributed by atoms with van der Waals surface area (Å²) in [4.78, 5) is 12.9. The average molecular weight is 414 g/mol. The molecule has 26 heavy (non-hydrogen) atoms. The standard InChI is InChI=1S/C12H16N2O3S2.C2HF3O2/c1-19(15,16)14-8-12(9-14)5-11(7-18-12)17-10-3-2-4-13-6-10;3-2(4,5)1(6)7/h2-4,6,11H,5,7-9H2,1H3;(H,6,7). The SMILES string of the molecule is CS(=O)(=O)N1CC2(CC(Oc3cccnc3)CS2)C1.O=C(O)C(F)(F)F. The Labute approximate surface area is 152 Å². The van der Waals surface area contributed by atoms with Crippen LogP contribution in [0.2, 0.25) is 0 Å². The maximum atomic E-state index is 11.4. The first kappa shape index (κ1) is 20.8. The highest BCUT2D eigenvalue weighted by atomic mass is 32.2. The molecule has 0 amide bonds. The molecular weight excluding hydrogens is 397 g/mol. The van der Waals surface area contributed by atoms with Crippen molar-refractivity contribution >= 4 is 27.8 Å². The fraction of sp³-hybridized carbons (Fsp3) is 0.571. The molecule has 3 heterocycles. The number of carboxylic acid groups (broad SMARTS) is 1. The van der Waals surface area contributed by atoms with Gasteiger partial charge in [-0.25, -0.2) is 13.2 Å². The van der Waals surface area contributed by atoms with Crippen LogP contribution in [0.15, 0.2) is 24.5 Å². The molecule has 1 spiro atoms. The van der Waals surface area contributed by atoms with Gasteiger partial charge in [0.25, 0.3) is 0 Å². The number of thioether (sulfide) groups is 1. The lowest BCUT2D eigenvalue weighted by atomic mass is 9.95. The van der Waals surface area contributed by atoms with E-state index in [0.717, 1.165) is 17.9 Å². The topological polar surface area (TPSA) is 96.8 Å². The number of rotatable bonds is 3. The van der Waals surface area contributed by atoms with Crippen molar-refractivity contribution in [3.8, 4) is 5.75 Å². The van der Waals surface area contributed by atoms with E-state index in [-0.39, 0.29) is 10.9 Å². The smallest absolute Gasteiger partial charge is 0.488 e. The largest absolute Gasteiger partial charge is 0.490 e. The highest BCUT2D eigenvalue weighted by molar-refractivity contribution is 8.01. The Kier molecular flexibility index (Phi) is 6.08. The minimum Gasteiger partial charge on any atom is -0.488 e. The van der Waals surface area contributed by atoms with Gasteiger partial charge < -0.3 is 9.84 Å². The van der Waals surface area contributed by atoms with E-state index in [1.54, 1.807) is 12.4 Å². The van der Waals surface area contributed by atoms with Crippen molar-refractivity contribution in [3.05, 3.63) is 24.5 Å². The van der Waals surface area contributed by atoms with Crippen LogP contribution >= 0.6 is 11.8 Å². The molecule has 0 bridgehead atoms. The molecule has 0 saturated carbocycles. The Morgan fingerprint density at radius 1 is 1.46 bits per heavy atom. The number of sulfonamides is 1. The van der Waals surface area contributed by atoms with E-state index in [1.807, 2.05) is 23.9 Å². The van der Waals surface area contributed by atoms with Gasteiger partial charge in [0, 0.05) is 36.2 Å². The third-order valence-electron chi connectivity index (χ3n) is 3.75. The Hall–Kier alpha value is -1.53. The van der Waals surface area contributed by atoms with Crippen LogP contribution in [0.5, 0.6) is 5.75 Å². The van der Waals surface area contributed by atoms with Crippen molar-refractivity contribution in [1.82, 2.24) is 9.29 Å². The van der Waals surface area contributed by atoms with Gasteiger partial charge in [-0.3, -0.25) is 4.98 Å². The summed E-state index contributed by atoms with van der Waals surface area (Å²) < 4.78 is 62.0. The summed E-state index contributed by atoms with van der Waals surface area (Å²) in [5.74, 6) is -1.07. The molecule has 1 aromatic heterocycles. The maximum absolute atomic E-state index is 11.4. The molecule has 2 saturated heterocycles. The van der Waals surface area contributed by atoms with Gasteiger partial charge in [-0.2, -0.15) is 17.5 Å². The van der Waals surface area contributed by atoms with E-state index in [1.165, 1.54) is 10.6 Å². The Balaban J connectivity index is 0.000000298. The van der Waals surface area contributed by atoms with Crippen LogP contribution in [0.4, 0.5) is 13.2 Å². The van der Waals surface area contributed by atoms with Crippen LogP contribution in [-0.2, 0) is 14.8 Å². The lowest BCUT2D eigenvalue weighted by Crippen LogP contribution is -2.60. The number of carboxylic acids is 1. The molecule has 2 aliphatic heterocycles. The van der Waals surface area contributed by atoms with Crippen molar-refractivity contribution < 1.29 is 36.2 Å². The second-order valence-corrected chi connectivity index (χ2v) is 9.43. The van der Waals surface area contributed by atoms with E-state index in [2.05, 4.69) is 4.98 Å². The third-order valence-corrected chi connectivity index (χ3v) is 6.52. The normalized spacial score (nSPS) is 22.2. The van der Waals surface area contributed by atoms with Gasteiger partial charge in [0.05, 0.1) is 12.5 Å². The number of alkyl halides is 3. The summed E-state index contributed by atoms with van der Waals surface area (Å²) in [5.41, 5.74) is 0. The molecule has 146 valence electrons.